The Balaban J connectivity index is 2.03. The van der Waals surface area contributed by atoms with Gasteiger partial charge in [-0.2, -0.15) is 0 Å². The molecule has 0 amide bonds. The highest BCUT2D eigenvalue weighted by Crippen LogP contribution is 2.20. The van der Waals surface area contributed by atoms with E-state index in [-0.39, 0.29) is 0 Å². The van der Waals surface area contributed by atoms with Crippen LogP contribution in [0.15, 0.2) is 18.3 Å². The minimum Gasteiger partial charge on any atom is -0.376 e. The number of rotatable bonds is 8. The van der Waals surface area contributed by atoms with E-state index in [1.807, 2.05) is 12.3 Å². The maximum Gasteiger partial charge on any atom is 0.133 e. The average molecular weight is 277 g/mol. The van der Waals surface area contributed by atoms with Gasteiger partial charge in [-0.15, -0.1) is 0 Å². The second-order valence-corrected chi connectivity index (χ2v) is 5.34. The fourth-order valence-electron chi connectivity index (χ4n) is 2.65. The van der Waals surface area contributed by atoms with Gasteiger partial charge in [-0.05, 0) is 38.8 Å². The third-order valence-electron chi connectivity index (χ3n) is 3.74. The van der Waals surface area contributed by atoms with Gasteiger partial charge in [0.25, 0.3) is 0 Å². The quantitative estimate of drug-likeness (QED) is 0.741. The van der Waals surface area contributed by atoms with Crippen LogP contribution in [0.4, 0.5) is 5.82 Å². The molecule has 1 unspecified atom stereocenters. The van der Waals surface area contributed by atoms with E-state index in [0.717, 1.165) is 45.0 Å². The Kier molecular flexibility index (Phi) is 6.27. The Morgan fingerprint density at radius 1 is 1.45 bits per heavy atom. The first-order chi connectivity index (χ1) is 9.85. The maximum absolute atomic E-state index is 5.76. The van der Waals surface area contributed by atoms with Crippen molar-refractivity contribution in [3.8, 4) is 0 Å². The van der Waals surface area contributed by atoms with Gasteiger partial charge >= 0.3 is 0 Å². The molecule has 1 aliphatic heterocycles. The molecule has 1 saturated heterocycles. The predicted molar refractivity (Wildman–Crippen MR) is 83.1 cm³/mol. The molecular weight excluding hydrogens is 250 g/mol. The summed E-state index contributed by atoms with van der Waals surface area (Å²) in [5.41, 5.74) is 1.28. The van der Waals surface area contributed by atoms with E-state index in [9.17, 15) is 0 Å². The van der Waals surface area contributed by atoms with Crippen molar-refractivity contribution < 1.29 is 4.74 Å². The summed E-state index contributed by atoms with van der Waals surface area (Å²) < 4.78 is 5.76. The Morgan fingerprint density at radius 2 is 2.35 bits per heavy atom. The van der Waals surface area contributed by atoms with Crippen molar-refractivity contribution in [1.82, 2.24) is 10.3 Å². The zero-order valence-electron chi connectivity index (χ0n) is 12.8. The number of hydrogen-bond acceptors (Lipinski definition) is 4. The zero-order valence-corrected chi connectivity index (χ0v) is 12.8. The van der Waals surface area contributed by atoms with Crippen LogP contribution in [-0.2, 0) is 11.3 Å². The Bertz CT molecular complexity index is 391. The highest BCUT2D eigenvalue weighted by atomic mass is 16.5. The summed E-state index contributed by atoms with van der Waals surface area (Å²) in [6, 6.07) is 4.19. The monoisotopic (exact) mass is 277 g/mol. The minimum atomic E-state index is 0.369. The van der Waals surface area contributed by atoms with Crippen molar-refractivity contribution >= 4 is 5.82 Å². The standard InChI is InChI=1S/C16H27N3O/c1-3-9-17-12-14-7-5-10-18-16(14)19(4-2)13-15-8-6-11-20-15/h5,7,10,15,17H,3-4,6,8-9,11-13H2,1-2H3. The SMILES string of the molecule is CCCNCc1cccnc1N(CC)CC1CCCO1. The number of aromatic nitrogens is 1. The average Bonchev–Trinajstić information content (AvgIpc) is 2.99. The molecule has 0 bridgehead atoms. The number of anilines is 1. The molecule has 1 N–H and O–H groups in total. The van der Waals surface area contributed by atoms with Crippen LogP contribution in [0.2, 0.25) is 0 Å². The molecule has 20 heavy (non-hydrogen) atoms. The van der Waals surface area contributed by atoms with Crippen molar-refractivity contribution in [2.24, 2.45) is 0 Å². The second kappa shape index (κ2) is 8.22. The first-order valence-electron chi connectivity index (χ1n) is 7.86. The lowest BCUT2D eigenvalue weighted by molar-refractivity contribution is 0.115. The number of nitrogens with zero attached hydrogens (tertiary/aromatic N) is 2. The lowest BCUT2D eigenvalue weighted by Gasteiger charge is -2.27. The van der Waals surface area contributed by atoms with Crippen molar-refractivity contribution in [1.29, 1.82) is 0 Å². The molecule has 1 aliphatic rings. The number of ether oxygens (including phenoxy) is 1. The van der Waals surface area contributed by atoms with E-state index in [2.05, 4.69) is 35.1 Å². The van der Waals surface area contributed by atoms with E-state index >= 15 is 0 Å². The molecule has 0 saturated carbocycles. The number of pyridine rings is 1. The van der Waals surface area contributed by atoms with Gasteiger partial charge in [0.05, 0.1) is 6.10 Å². The summed E-state index contributed by atoms with van der Waals surface area (Å²) in [5.74, 6) is 1.11. The van der Waals surface area contributed by atoms with E-state index in [1.165, 1.54) is 18.4 Å². The van der Waals surface area contributed by atoms with Gasteiger partial charge in [-0.1, -0.05) is 13.0 Å². The zero-order chi connectivity index (χ0) is 14.2. The van der Waals surface area contributed by atoms with Crippen molar-refractivity contribution in [2.45, 2.75) is 45.8 Å². The van der Waals surface area contributed by atoms with E-state index < -0.39 is 0 Å². The molecule has 1 aromatic heterocycles. The normalized spacial score (nSPS) is 18.4. The summed E-state index contributed by atoms with van der Waals surface area (Å²) >= 11 is 0. The van der Waals surface area contributed by atoms with E-state index in [4.69, 9.17) is 4.74 Å². The van der Waals surface area contributed by atoms with Gasteiger partial charge in [0.1, 0.15) is 5.82 Å². The van der Waals surface area contributed by atoms with Crippen molar-refractivity contribution in [3.63, 3.8) is 0 Å². The minimum absolute atomic E-state index is 0.369. The van der Waals surface area contributed by atoms with Gasteiger partial charge in [0.2, 0.25) is 0 Å². The smallest absolute Gasteiger partial charge is 0.133 e. The maximum atomic E-state index is 5.76. The molecule has 1 aromatic rings. The fraction of sp³-hybridized carbons (Fsp3) is 0.688. The molecular formula is C16H27N3O. The highest BCUT2D eigenvalue weighted by molar-refractivity contribution is 5.46. The first-order valence-corrected chi connectivity index (χ1v) is 7.86. The molecule has 0 aromatic carbocycles. The molecule has 4 heteroatoms. The van der Waals surface area contributed by atoms with Gasteiger partial charge in [-0.3, -0.25) is 0 Å². The molecule has 1 fully saturated rings. The summed E-state index contributed by atoms with van der Waals surface area (Å²) in [7, 11) is 0. The Morgan fingerprint density at radius 3 is 3.05 bits per heavy atom. The topological polar surface area (TPSA) is 37.4 Å². The third-order valence-corrected chi connectivity index (χ3v) is 3.74. The lowest BCUT2D eigenvalue weighted by Crippen LogP contribution is -2.33. The van der Waals surface area contributed by atoms with Gasteiger partial charge in [0, 0.05) is 38.0 Å². The van der Waals surface area contributed by atoms with Crippen LogP contribution in [0.25, 0.3) is 0 Å². The summed E-state index contributed by atoms with van der Waals surface area (Å²) in [4.78, 5) is 6.95. The molecule has 0 spiro atoms. The number of nitrogens with one attached hydrogen (secondary N) is 1. The van der Waals surface area contributed by atoms with Crippen LogP contribution in [0.1, 0.15) is 38.7 Å². The van der Waals surface area contributed by atoms with Crippen LogP contribution in [0, 0.1) is 0 Å². The lowest BCUT2D eigenvalue weighted by atomic mass is 10.2. The Hall–Kier alpha value is -1.13. The van der Waals surface area contributed by atoms with Crippen LogP contribution in [-0.4, -0.2) is 37.3 Å². The molecule has 2 heterocycles. The summed E-state index contributed by atoms with van der Waals surface area (Å²) in [6.07, 6.45) is 5.77. The highest BCUT2D eigenvalue weighted by Gasteiger charge is 2.20. The van der Waals surface area contributed by atoms with E-state index in [0.29, 0.717) is 6.10 Å². The Labute approximate surface area is 122 Å². The predicted octanol–water partition coefficient (Wildman–Crippen LogP) is 2.59. The molecule has 0 radical (unpaired) electrons. The third kappa shape index (κ3) is 4.18. The molecule has 0 aliphatic carbocycles. The van der Waals surface area contributed by atoms with E-state index in [1.54, 1.807) is 0 Å². The van der Waals surface area contributed by atoms with Gasteiger partial charge in [0.15, 0.2) is 0 Å². The fourth-order valence-corrected chi connectivity index (χ4v) is 2.65. The van der Waals surface area contributed by atoms with Crippen molar-refractivity contribution in [2.75, 3.05) is 31.1 Å². The molecule has 112 valence electrons. The largest absolute Gasteiger partial charge is 0.376 e. The first kappa shape index (κ1) is 15.3. The van der Waals surface area contributed by atoms with Crippen LogP contribution in [0.5, 0.6) is 0 Å². The summed E-state index contributed by atoms with van der Waals surface area (Å²) in [5, 5.41) is 3.47. The second-order valence-electron chi connectivity index (χ2n) is 5.34. The van der Waals surface area contributed by atoms with Gasteiger partial charge in [-0.25, -0.2) is 4.98 Å². The number of hydrogen-bond donors (Lipinski definition) is 1. The molecule has 1 atom stereocenters. The summed E-state index contributed by atoms with van der Waals surface area (Å²) in [6.45, 7) is 9.15. The van der Waals surface area contributed by atoms with Crippen LogP contribution in [0.3, 0.4) is 0 Å². The molecule has 4 nitrogen and oxygen atoms in total. The van der Waals surface area contributed by atoms with Crippen molar-refractivity contribution in [3.05, 3.63) is 23.9 Å². The molecule has 2 rings (SSSR count). The van der Waals surface area contributed by atoms with Crippen LogP contribution < -0.4 is 10.2 Å². The van der Waals surface area contributed by atoms with Gasteiger partial charge < -0.3 is 15.0 Å². The number of likely N-dealkylation sites (N-methyl/N-ethyl adjacent to an activating group) is 1. The van der Waals surface area contributed by atoms with Crippen LogP contribution >= 0.6 is 0 Å².